The molecule has 13 rings (SSSR count). The molecule has 5 nitrogen and oxygen atoms in total. The molecule has 0 saturated heterocycles. The molecule has 3 heterocycles. The van der Waals surface area contributed by atoms with Crippen molar-refractivity contribution in [3.05, 3.63) is 229 Å². The van der Waals surface area contributed by atoms with Gasteiger partial charge in [0.2, 0.25) is 0 Å². The monoisotopic (exact) mass is 804 g/mol. The zero-order valence-corrected chi connectivity index (χ0v) is 34.0. The van der Waals surface area contributed by atoms with Gasteiger partial charge in [-0.3, -0.25) is 0 Å². The number of hydrogen-bond donors (Lipinski definition) is 0. The Morgan fingerprint density at radius 1 is 0.397 bits per heavy atom. The van der Waals surface area contributed by atoms with Crippen LogP contribution in [0.15, 0.2) is 217 Å². The van der Waals surface area contributed by atoms with E-state index in [9.17, 15) is 0 Å². The van der Waals surface area contributed by atoms with Gasteiger partial charge in [0.05, 0.1) is 11.0 Å². The maximum Gasteiger partial charge on any atom is 0.164 e. The summed E-state index contributed by atoms with van der Waals surface area (Å²) in [5, 5.41) is 4.65. The summed E-state index contributed by atoms with van der Waals surface area (Å²) in [6.45, 7) is 0. The molecule has 0 bridgehead atoms. The standard InChI is InChI=1S/C58H36N4O/c1-4-16-36(17-5-1)42-27-15-29-50-53(42)47-31-30-40(35-51(47)63-50)58-60-56(37-18-6-2-7-19-37)59-57(61-58)39-21-14-20-38(34-39)52-44-25-10-11-26-45(44)54-48(52)33-32-46-43-24-12-13-28-49(43)62(55(46)54)41-22-8-3-9-23-41/h1-35,52H. The summed E-state index contributed by atoms with van der Waals surface area (Å²) >= 11 is 0. The third-order valence-corrected chi connectivity index (χ3v) is 12.7. The Labute approximate surface area is 363 Å². The first kappa shape index (κ1) is 35.4. The summed E-state index contributed by atoms with van der Waals surface area (Å²) in [7, 11) is 0. The van der Waals surface area contributed by atoms with Crippen molar-refractivity contribution >= 4 is 43.7 Å². The van der Waals surface area contributed by atoms with Crippen LogP contribution in [0.25, 0.3) is 106 Å². The summed E-state index contributed by atoms with van der Waals surface area (Å²) in [5.41, 5.74) is 16.5. The first-order chi connectivity index (χ1) is 31.2. The number of nitrogens with zero attached hydrogens (tertiary/aromatic N) is 4. The second-order valence-electron chi connectivity index (χ2n) is 16.3. The van der Waals surface area contributed by atoms with Gasteiger partial charge in [-0.15, -0.1) is 0 Å². The average molecular weight is 805 g/mol. The molecule has 9 aromatic carbocycles. The van der Waals surface area contributed by atoms with Crippen molar-refractivity contribution in [1.29, 1.82) is 0 Å². The summed E-state index contributed by atoms with van der Waals surface area (Å²) in [6.07, 6.45) is 0. The van der Waals surface area contributed by atoms with Gasteiger partial charge in [0.15, 0.2) is 17.5 Å². The van der Waals surface area contributed by atoms with Crippen molar-refractivity contribution in [2.45, 2.75) is 5.92 Å². The van der Waals surface area contributed by atoms with Crippen molar-refractivity contribution in [2.75, 3.05) is 0 Å². The maximum atomic E-state index is 6.54. The van der Waals surface area contributed by atoms with E-state index in [1.807, 2.05) is 30.3 Å². The van der Waals surface area contributed by atoms with E-state index >= 15 is 0 Å². The van der Waals surface area contributed by atoms with Crippen LogP contribution in [0.2, 0.25) is 0 Å². The molecule has 0 saturated carbocycles. The topological polar surface area (TPSA) is 56.7 Å². The lowest BCUT2D eigenvalue weighted by Gasteiger charge is -2.16. The Morgan fingerprint density at radius 2 is 1.02 bits per heavy atom. The minimum Gasteiger partial charge on any atom is -0.456 e. The Hall–Kier alpha value is -8.41. The van der Waals surface area contributed by atoms with Gasteiger partial charge >= 0.3 is 0 Å². The Bertz CT molecular complexity index is 3740. The van der Waals surface area contributed by atoms with E-state index in [4.69, 9.17) is 19.4 Å². The number of fused-ring (bicyclic) bond motifs is 10. The van der Waals surface area contributed by atoms with E-state index in [1.165, 1.54) is 49.6 Å². The number of para-hydroxylation sites is 2. The molecule has 294 valence electrons. The fourth-order valence-corrected chi connectivity index (χ4v) is 9.98. The summed E-state index contributed by atoms with van der Waals surface area (Å²) < 4.78 is 8.99. The van der Waals surface area contributed by atoms with Gasteiger partial charge in [-0.05, 0) is 75.8 Å². The van der Waals surface area contributed by atoms with Crippen LogP contribution in [-0.4, -0.2) is 19.5 Å². The third kappa shape index (κ3) is 5.60. The van der Waals surface area contributed by atoms with Crippen LogP contribution in [0.4, 0.5) is 0 Å². The van der Waals surface area contributed by atoms with Gasteiger partial charge in [0.1, 0.15) is 11.2 Å². The molecule has 0 aliphatic heterocycles. The molecule has 3 aromatic heterocycles. The summed E-state index contributed by atoms with van der Waals surface area (Å²) in [6, 6.07) is 75.0. The molecule has 0 fully saturated rings. The molecule has 1 aliphatic carbocycles. The molecule has 0 amide bonds. The maximum absolute atomic E-state index is 6.54. The minimum absolute atomic E-state index is 0.00829. The van der Waals surface area contributed by atoms with Gasteiger partial charge in [0.25, 0.3) is 0 Å². The van der Waals surface area contributed by atoms with E-state index in [0.29, 0.717) is 17.5 Å². The largest absolute Gasteiger partial charge is 0.456 e. The molecule has 0 radical (unpaired) electrons. The second kappa shape index (κ2) is 14.1. The van der Waals surface area contributed by atoms with Gasteiger partial charge in [-0.25, -0.2) is 15.0 Å². The van der Waals surface area contributed by atoms with Gasteiger partial charge in [0, 0.05) is 55.4 Å². The van der Waals surface area contributed by atoms with Crippen LogP contribution in [0, 0.1) is 0 Å². The molecular weight excluding hydrogens is 769 g/mol. The van der Waals surface area contributed by atoms with Crippen LogP contribution in [0.3, 0.4) is 0 Å². The van der Waals surface area contributed by atoms with Gasteiger partial charge in [-0.1, -0.05) is 170 Å². The van der Waals surface area contributed by atoms with Crippen molar-refractivity contribution in [3.63, 3.8) is 0 Å². The number of aromatic nitrogens is 4. The van der Waals surface area contributed by atoms with Crippen molar-refractivity contribution < 1.29 is 4.42 Å². The van der Waals surface area contributed by atoms with E-state index in [2.05, 4.69) is 187 Å². The predicted molar refractivity (Wildman–Crippen MR) is 256 cm³/mol. The Morgan fingerprint density at radius 3 is 1.83 bits per heavy atom. The fourth-order valence-electron chi connectivity index (χ4n) is 9.98. The number of hydrogen-bond acceptors (Lipinski definition) is 4. The highest BCUT2D eigenvalue weighted by atomic mass is 16.3. The van der Waals surface area contributed by atoms with Crippen molar-refractivity contribution in [1.82, 2.24) is 19.5 Å². The third-order valence-electron chi connectivity index (χ3n) is 12.7. The molecule has 12 aromatic rings. The lowest BCUT2D eigenvalue weighted by molar-refractivity contribution is 0.669. The Kier molecular flexibility index (Phi) is 7.90. The number of rotatable bonds is 6. The average Bonchev–Trinajstić information content (AvgIpc) is 4.02. The normalized spacial score (nSPS) is 13.2. The Balaban J connectivity index is 0.970. The smallest absolute Gasteiger partial charge is 0.164 e. The van der Waals surface area contributed by atoms with Gasteiger partial charge < -0.3 is 8.98 Å². The predicted octanol–water partition coefficient (Wildman–Crippen LogP) is 14.7. The summed E-state index contributed by atoms with van der Waals surface area (Å²) in [5.74, 6) is 1.82. The number of furan rings is 1. The van der Waals surface area contributed by atoms with Crippen molar-refractivity contribution in [3.8, 4) is 62.1 Å². The highest BCUT2D eigenvalue weighted by molar-refractivity contribution is 6.16. The molecule has 0 spiro atoms. The summed E-state index contributed by atoms with van der Waals surface area (Å²) in [4.78, 5) is 15.5. The highest BCUT2D eigenvalue weighted by Crippen LogP contribution is 2.52. The van der Waals surface area contributed by atoms with Crippen LogP contribution in [0.1, 0.15) is 22.6 Å². The fraction of sp³-hybridized carbons (Fsp3) is 0.0172. The lowest BCUT2D eigenvalue weighted by Crippen LogP contribution is -2.02. The van der Waals surface area contributed by atoms with Crippen LogP contribution < -0.4 is 0 Å². The minimum atomic E-state index is 0.00829. The van der Waals surface area contributed by atoms with Crippen LogP contribution in [-0.2, 0) is 0 Å². The molecule has 1 unspecified atom stereocenters. The lowest BCUT2D eigenvalue weighted by atomic mass is 9.88. The quantitative estimate of drug-likeness (QED) is 0.168. The molecule has 1 atom stereocenters. The highest BCUT2D eigenvalue weighted by Gasteiger charge is 2.33. The van der Waals surface area contributed by atoms with E-state index in [1.54, 1.807) is 0 Å². The molecule has 1 aliphatic rings. The zero-order valence-electron chi connectivity index (χ0n) is 34.0. The van der Waals surface area contributed by atoms with E-state index in [0.717, 1.165) is 55.4 Å². The zero-order chi connectivity index (χ0) is 41.4. The molecule has 5 heteroatoms. The van der Waals surface area contributed by atoms with Crippen LogP contribution in [0.5, 0.6) is 0 Å². The first-order valence-electron chi connectivity index (χ1n) is 21.4. The first-order valence-corrected chi connectivity index (χ1v) is 21.4. The SMILES string of the molecule is c1ccc(-c2nc(-c3cccc(C4c5ccccc5-c5c4ccc4c6ccccc6n(-c6ccccc6)c54)c3)nc(-c3ccc4c(c3)oc3cccc(-c5ccccc5)c34)n2)cc1. The van der Waals surface area contributed by atoms with Crippen molar-refractivity contribution in [2.24, 2.45) is 0 Å². The number of benzene rings is 9. The van der Waals surface area contributed by atoms with Gasteiger partial charge in [-0.2, -0.15) is 0 Å². The molecular formula is C58H36N4O. The van der Waals surface area contributed by atoms with Crippen LogP contribution >= 0.6 is 0 Å². The van der Waals surface area contributed by atoms with E-state index in [-0.39, 0.29) is 5.92 Å². The molecule has 63 heavy (non-hydrogen) atoms. The molecule has 0 N–H and O–H groups in total. The van der Waals surface area contributed by atoms with E-state index < -0.39 is 0 Å². The second-order valence-corrected chi connectivity index (χ2v) is 16.3.